The number of morpholine rings is 1. The van der Waals surface area contributed by atoms with Gasteiger partial charge in [-0.25, -0.2) is 8.42 Å². The number of benzene rings is 1. The maximum atomic E-state index is 12.6. The van der Waals surface area contributed by atoms with Crippen molar-refractivity contribution in [3.05, 3.63) is 29.8 Å². The van der Waals surface area contributed by atoms with Crippen LogP contribution in [0.3, 0.4) is 0 Å². The number of nitrogens with zero attached hydrogens (tertiary/aromatic N) is 1. The van der Waals surface area contributed by atoms with Gasteiger partial charge in [-0.15, -0.1) is 0 Å². The topological polar surface area (TPSA) is 102 Å². The Balaban J connectivity index is 1.95. The summed E-state index contributed by atoms with van der Waals surface area (Å²) in [6.07, 6.45) is 0.875. The average Bonchev–Trinajstić information content (AvgIpc) is 2.67. The maximum Gasteiger partial charge on any atom is 0.243 e. The average molecular weight is 398 g/mol. The van der Waals surface area contributed by atoms with Crippen LogP contribution in [0, 0.1) is 5.92 Å². The van der Waals surface area contributed by atoms with Crippen molar-refractivity contribution < 1.29 is 17.9 Å². The highest BCUT2D eigenvalue weighted by Gasteiger charge is 2.28. The van der Waals surface area contributed by atoms with Gasteiger partial charge in [0.15, 0.2) is 0 Å². The van der Waals surface area contributed by atoms with Gasteiger partial charge >= 0.3 is 0 Å². The van der Waals surface area contributed by atoms with Crippen molar-refractivity contribution in [3.63, 3.8) is 0 Å². The van der Waals surface area contributed by atoms with E-state index in [0.717, 1.165) is 5.56 Å². The largest absolute Gasteiger partial charge is 0.379 e. The molecule has 0 radical (unpaired) electrons. The predicted molar refractivity (Wildman–Crippen MR) is 105 cm³/mol. The van der Waals surface area contributed by atoms with Gasteiger partial charge in [0, 0.05) is 26.1 Å². The van der Waals surface area contributed by atoms with Crippen LogP contribution in [0.15, 0.2) is 29.2 Å². The fraction of sp³-hybridized carbons (Fsp3) is 0.632. The summed E-state index contributed by atoms with van der Waals surface area (Å²) in [7, 11) is -3.49. The normalized spacial score (nSPS) is 18.3. The lowest BCUT2D eigenvalue weighted by atomic mass is 9.88. The number of amides is 1. The van der Waals surface area contributed by atoms with Crippen LogP contribution in [0.1, 0.15) is 32.8 Å². The van der Waals surface area contributed by atoms with Crippen LogP contribution in [-0.2, 0) is 26.0 Å². The minimum Gasteiger partial charge on any atom is -0.379 e. The third-order valence-corrected chi connectivity index (χ3v) is 7.21. The molecule has 1 amide bonds. The second-order valence-electron chi connectivity index (χ2n) is 7.48. The molecule has 152 valence electrons. The minimum atomic E-state index is -3.49. The molecule has 27 heavy (non-hydrogen) atoms. The molecule has 0 aromatic heterocycles. The van der Waals surface area contributed by atoms with E-state index in [-0.39, 0.29) is 16.7 Å². The van der Waals surface area contributed by atoms with Gasteiger partial charge in [-0.05, 0) is 37.0 Å². The lowest BCUT2D eigenvalue weighted by molar-refractivity contribution is -0.123. The second kappa shape index (κ2) is 9.14. The van der Waals surface area contributed by atoms with E-state index in [1.54, 1.807) is 24.3 Å². The van der Waals surface area contributed by atoms with E-state index in [4.69, 9.17) is 10.5 Å². The first-order chi connectivity index (χ1) is 12.7. The van der Waals surface area contributed by atoms with Gasteiger partial charge in [0.2, 0.25) is 15.9 Å². The van der Waals surface area contributed by atoms with Gasteiger partial charge in [-0.1, -0.05) is 26.0 Å². The summed E-state index contributed by atoms with van der Waals surface area (Å²) in [5.74, 6) is 0.179. The molecule has 0 bridgehead atoms. The van der Waals surface area contributed by atoms with E-state index in [1.807, 2.05) is 20.8 Å². The number of nitrogens with one attached hydrogen (secondary N) is 1. The molecule has 1 unspecified atom stereocenters. The van der Waals surface area contributed by atoms with Crippen molar-refractivity contribution in [1.82, 2.24) is 9.62 Å². The Hall–Kier alpha value is -1.48. The molecule has 3 N–H and O–H groups in total. The highest BCUT2D eigenvalue weighted by Crippen LogP contribution is 2.19. The number of hydrogen-bond donors (Lipinski definition) is 2. The van der Waals surface area contributed by atoms with Crippen LogP contribution in [-0.4, -0.2) is 57.0 Å². The first-order valence-electron chi connectivity index (χ1n) is 9.37. The van der Waals surface area contributed by atoms with E-state index in [0.29, 0.717) is 45.7 Å². The van der Waals surface area contributed by atoms with Gasteiger partial charge in [-0.3, -0.25) is 4.79 Å². The summed E-state index contributed by atoms with van der Waals surface area (Å²) in [6, 6.07) is 6.75. The van der Waals surface area contributed by atoms with E-state index in [1.165, 1.54) is 4.31 Å². The Bertz CT molecular complexity index is 728. The van der Waals surface area contributed by atoms with E-state index in [9.17, 15) is 13.2 Å². The van der Waals surface area contributed by atoms with Crippen LogP contribution < -0.4 is 11.1 Å². The molecule has 1 aliphatic rings. The highest BCUT2D eigenvalue weighted by atomic mass is 32.2. The standard InChI is InChI=1S/C19H31N3O4S/c1-15(2)19(3,14-20)21-18(23)9-6-16-4-7-17(8-5-16)27(24,25)22-10-12-26-13-11-22/h4-5,7-8,15H,6,9-14,20H2,1-3H3,(H,21,23). The zero-order chi connectivity index (χ0) is 20.1. The molecule has 1 aromatic carbocycles. The van der Waals surface area contributed by atoms with Gasteiger partial charge in [0.25, 0.3) is 0 Å². The molecule has 1 fully saturated rings. The lowest BCUT2D eigenvalue weighted by Crippen LogP contribution is -2.55. The SMILES string of the molecule is CC(C)C(C)(CN)NC(=O)CCc1ccc(S(=O)(=O)N2CCOCC2)cc1. The third-order valence-electron chi connectivity index (χ3n) is 5.30. The first kappa shape index (κ1) is 21.8. The quantitative estimate of drug-likeness (QED) is 0.685. The second-order valence-corrected chi connectivity index (χ2v) is 9.42. The van der Waals surface area contributed by atoms with Crippen LogP contribution in [0.25, 0.3) is 0 Å². The fourth-order valence-corrected chi connectivity index (χ4v) is 4.24. The Morgan fingerprint density at radius 1 is 1.26 bits per heavy atom. The van der Waals surface area contributed by atoms with Gasteiger partial charge < -0.3 is 15.8 Å². The van der Waals surface area contributed by atoms with Crippen molar-refractivity contribution in [3.8, 4) is 0 Å². The highest BCUT2D eigenvalue weighted by molar-refractivity contribution is 7.89. The molecule has 0 saturated carbocycles. The van der Waals surface area contributed by atoms with Crippen LogP contribution in [0.2, 0.25) is 0 Å². The van der Waals surface area contributed by atoms with E-state index < -0.39 is 15.6 Å². The van der Waals surface area contributed by atoms with Gasteiger partial charge in [-0.2, -0.15) is 4.31 Å². The molecule has 1 aromatic rings. The number of nitrogens with two attached hydrogens (primary N) is 1. The number of carbonyl (C=O) groups is 1. The van der Waals surface area contributed by atoms with Crippen LogP contribution in [0.5, 0.6) is 0 Å². The molecular formula is C19H31N3O4S. The summed E-state index contributed by atoms with van der Waals surface area (Å²) in [5, 5.41) is 3.01. The number of sulfonamides is 1. The zero-order valence-electron chi connectivity index (χ0n) is 16.4. The van der Waals surface area contributed by atoms with Crippen LogP contribution >= 0.6 is 0 Å². The number of ether oxygens (including phenoxy) is 1. The fourth-order valence-electron chi connectivity index (χ4n) is 2.83. The number of hydrogen-bond acceptors (Lipinski definition) is 5. The molecule has 2 rings (SSSR count). The Morgan fingerprint density at radius 3 is 2.37 bits per heavy atom. The van der Waals surface area contributed by atoms with E-state index >= 15 is 0 Å². The van der Waals surface area contributed by atoms with Crippen molar-refractivity contribution in [2.24, 2.45) is 11.7 Å². The maximum absolute atomic E-state index is 12.6. The molecule has 1 aliphatic heterocycles. The molecule has 1 heterocycles. The summed E-state index contributed by atoms with van der Waals surface area (Å²) >= 11 is 0. The predicted octanol–water partition coefficient (Wildman–Crippen LogP) is 1.13. The summed E-state index contributed by atoms with van der Waals surface area (Å²) < 4.78 is 31.9. The monoisotopic (exact) mass is 397 g/mol. The third kappa shape index (κ3) is 5.51. The zero-order valence-corrected chi connectivity index (χ0v) is 17.2. The molecular weight excluding hydrogens is 366 g/mol. The van der Waals surface area contributed by atoms with Crippen LogP contribution in [0.4, 0.5) is 0 Å². The van der Waals surface area contributed by atoms with Crippen molar-refractivity contribution in [1.29, 1.82) is 0 Å². The number of rotatable bonds is 8. The molecule has 1 atom stereocenters. The lowest BCUT2D eigenvalue weighted by Gasteiger charge is -2.33. The number of aryl methyl sites for hydroxylation is 1. The summed E-state index contributed by atoms with van der Waals surface area (Å²) in [6.45, 7) is 7.97. The summed E-state index contributed by atoms with van der Waals surface area (Å²) in [4.78, 5) is 12.5. The molecule has 7 nitrogen and oxygen atoms in total. The minimum absolute atomic E-state index is 0.0540. The number of carbonyl (C=O) groups excluding carboxylic acids is 1. The van der Waals surface area contributed by atoms with Crippen molar-refractivity contribution in [2.45, 2.75) is 44.0 Å². The Labute approximate surface area is 162 Å². The smallest absolute Gasteiger partial charge is 0.243 e. The first-order valence-corrected chi connectivity index (χ1v) is 10.8. The van der Waals surface area contributed by atoms with Crippen molar-refractivity contribution >= 4 is 15.9 Å². The van der Waals surface area contributed by atoms with Gasteiger partial charge in [0.1, 0.15) is 0 Å². The van der Waals surface area contributed by atoms with E-state index in [2.05, 4.69) is 5.32 Å². The Kier molecular flexibility index (Phi) is 7.39. The molecule has 8 heteroatoms. The van der Waals surface area contributed by atoms with Crippen molar-refractivity contribution in [2.75, 3.05) is 32.8 Å². The summed E-state index contributed by atoms with van der Waals surface area (Å²) in [5.41, 5.74) is 6.30. The molecule has 1 saturated heterocycles. The molecule has 0 aliphatic carbocycles. The Morgan fingerprint density at radius 2 is 1.85 bits per heavy atom. The van der Waals surface area contributed by atoms with Gasteiger partial charge in [0.05, 0.1) is 23.6 Å². The molecule has 0 spiro atoms.